The van der Waals surface area contributed by atoms with Gasteiger partial charge in [0.2, 0.25) is 5.91 Å². The summed E-state index contributed by atoms with van der Waals surface area (Å²) in [6, 6.07) is 13.7. The number of hydrogen-bond acceptors (Lipinski definition) is 8. The van der Waals surface area contributed by atoms with Gasteiger partial charge in [-0.15, -0.1) is 11.3 Å². The maximum atomic E-state index is 13.7. The Hall–Kier alpha value is -4.09. The largest absolute Gasteiger partial charge is 0.385 e. The third kappa shape index (κ3) is 6.54. The van der Waals surface area contributed by atoms with Crippen LogP contribution < -0.4 is 16.0 Å². The number of carbonyl (C=O) groups excluding carboxylic acids is 4. The van der Waals surface area contributed by atoms with E-state index in [0.29, 0.717) is 18.6 Å². The summed E-state index contributed by atoms with van der Waals surface area (Å²) in [4.78, 5) is 57.8. The molecule has 10 nitrogen and oxygen atoms in total. The molecular formula is C29H33N5O5S. The van der Waals surface area contributed by atoms with E-state index in [1.807, 2.05) is 42.5 Å². The van der Waals surface area contributed by atoms with E-state index in [1.165, 1.54) is 0 Å². The molecule has 2 heterocycles. The zero-order chi connectivity index (χ0) is 28.6. The lowest BCUT2D eigenvalue weighted by Crippen LogP contribution is -2.50. The van der Waals surface area contributed by atoms with E-state index in [-0.39, 0.29) is 16.6 Å². The fraction of sp³-hybridized carbons (Fsp3) is 0.345. The topological polar surface area (TPSA) is 130 Å². The Morgan fingerprint density at radius 2 is 1.85 bits per heavy atom. The maximum absolute atomic E-state index is 13.7. The van der Waals surface area contributed by atoms with Crippen LogP contribution in [0.3, 0.4) is 0 Å². The summed E-state index contributed by atoms with van der Waals surface area (Å²) in [5, 5.41) is 10.6. The predicted octanol–water partition coefficient (Wildman–Crippen LogP) is 4.59. The highest BCUT2D eigenvalue weighted by Crippen LogP contribution is 2.31. The number of Topliss-reactive ketones (excluding diaryl/α,β-unsaturated/α-hetero) is 1. The monoisotopic (exact) mass is 563 g/mol. The first kappa shape index (κ1) is 28.9. The number of aromatic nitrogens is 1. The van der Waals surface area contributed by atoms with E-state index in [1.54, 1.807) is 38.5 Å². The standard InChI is InChI=1S/C29H33N5O5S/c1-4-23(35)22-17-40-28(31-22)33-26(36)25(18(2)19-9-6-5-7-10-19)34-27(37)24(32-29(34)38)20-11-13-21(14-12-20)30-15-8-16-39-3/h5-7,9-14,17-18,24-25,30H,4,8,15-16H2,1-3H3,(H,32,38)(H,31,33,36)/t18-,24?,25-/m0/s1. The number of amides is 4. The first-order valence-electron chi connectivity index (χ1n) is 13.1. The Morgan fingerprint density at radius 3 is 2.52 bits per heavy atom. The van der Waals surface area contributed by atoms with Crippen molar-refractivity contribution in [3.63, 3.8) is 0 Å². The van der Waals surface area contributed by atoms with Crippen molar-refractivity contribution < 1.29 is 23.9 Å². The Morgan fingerprint density at radius 1 is 1.12 bits per heavy atom. The second kappa shape index (κ2) is 13.3. The van der Waals surface area contributed by atoms with Crippen LogP contribution in [0.4, 0.5) is 15.6 Å². The van der Waals surface area contributed by atoms with E-state index >= 15 is 0 Å². The van der Waals surface area contributed by atoms with Crippen LogP contribution >= 0.6 is 11.3 Å². The van der Waals surface area contributed by atoms with Gasteiger partial charge in [0, 0.05) is 43.7 Å². The number of ketones is 1. The van der Waals surface area contributed by atoms with E-state index in [2.05, 4.69) is 20.9 Å². The Labute approximate surface area is 237 Å². The average Bonchev–Trinajstić information content (AvgIpc) is 3.55. The second-order valence-corrected chi connectivity index (χ2v) is 10.3. The van der Waals surface area contributed by atoms with Crippen LogP contribution in [0.25, 0.3) is 0 Å². The zero-order valence-electron chi connectivity index (χ0n) is 22.7. The number of benzene rings is 2. The molecule has 1 aromatic heterocycles. The van der Waals surface area contributed by atoms with Crippen LogP contribution in [0.2, 0.25) is 0 Å². The molecule has 1 aliphatic heterocycles. The second-order valence-electron chi connectivity index (χ2n) is 9.43. The minimum atomic E-state index is -1.16. The molecule has 4 rings (SSSR count). The molecule has 1 aliphatic rings. The number of carbonyl (C=O) groups is 4. The summed E-state index contributed by atoms with van der Waals surface area (Å²) in [6.45, 7) is 4.92. The lowest BCUT2D eigenvalue weighted by atomic mass is 9.91. The molecule has 11 heteroatoms. The van der Waals surface area contributed by atoms with Crippen LogP contribution in [-0.4, -0.2) is 59.8 Å². The Bertz CT molecular complexity index is 1340. The summed E-state index contributed by atoms with van der Waals surface area (Å²) >= 11 is 1.12. The predicted molar refractivity (Wildman–Crippen MR) is 154 cm³/mol. The molecule has 1 fully saturated rings. The van der Waals surface area contributed by atoms with Crippen LogP contribution in [0.5, 0.6) is 0 Å². The van der Waals surface area contributed by atoms with Crippen LogP contribution in [-0.2, 0) is 14.3 Å². The third-order valence-electron chi connectivity index (χ3n) is 6.76. The van der Waals surface area contributed by atoms with E-state index in [0.717, 1.165) is 40.5 Å². The highest BCUT2D eigenvalue weighted by molar-refractivity contribution is 7.14. The molecule has 0 aliphatic carbocycles. The molecule has 3 aromatic rings. The number of urea groups is 1. The van der Waals surface area contributed by atoms with Crippen LogP contribution in [0, 0.1) is 0 Å². The number of ether oxygens (including phenoxy) is 1. The summed E-state index contributed by atoms with van der Waals surface area (Å²) in [5.74, 6) is -1.75. The first-order valence-corrected chi connectivity index (χ1v) is 14.0. The van der Waals surface area contributed by atoms with E-state index in [9.17, 15) is 19.2 Å². The normalized spacial score (nSPS) is 16.4. The number of hydrogen-bond donors (Lipinski definition) is 3. The van der Waals surface area contributed by atoms with Crippen molar-refractivity contribution in [1.82, 2.24) is 15.2 Å². The number of imide groups is 1. The number of rotatable bonds is 13. The van der Waals surface area contributed by atoms with Crippen LogP contribution in [0.1, 0.15) is 60.3 Å². The van der Waals surface area contributed by atoms with Crippen molar-refractivity contribution in [2.75, 3.05) is 30.9 Å². The van der Waals surface area contributed by atoms with Gasteiger partial charge in [0.05, 0.1) is 0 Å². The lowest BCUT2D eigenvalue weighted by Gasteiger charge is -2.29. The highest BCUT2D eigenvalue weighted by Gasteiger charge is 2.47. The van der Waals surface area contributed by atoms with Gasteiger partial charge in [0.15, 0.2) is 10.9 Å². The summed E-state index contributed by atoms with van der Waals surface area (Å²) < 4.78 is 5.06. The molecule has 3 atom stereocenters. The molecule has 0 radical (unpaired) electrons. The smallest absolute Gasteiger partial charge is 0.325 e. The van der Waals surface area contributed by atoms with Gasteiger partial charge in [-0.05, 0) is 29.7 Å². The molecule has 0 bridgehead atoms. The van der Waals surface area contributed by atoms with Gasteiger partial charge in [-0.25, -0.2) is 14.7 Å². The van der Waals surface area contributed by atoms with Gasteiger partial charge in [-0.2, -0.15) is 0 Å². The number of methoxy groups -OCH3 is 1. The molecule has 2 aromatic carbocycles. The number of anilines is 2. The van der Waals surface area contributed by atoms with Crippen molar-refractivity contribution >= 4 is 45.8 Å². The quantitative estimate of drug-likeness (QED) is 0.158. The molecule has 0 spiro atoms. The highest BCUT2D eigenvalue weighted by atomic mass is 32.1. The van der Waals surface area contributed by atoms with Crippen molar-refractivity contribution in [2.45, 2.75) is 44.7 Å². The Balaban J connectivity index is 1.57. The Kier molecular flexibility index (Phi) is 9.62. The van der Waals surface area contributed by atoms with Crippen molar-refractivity contribution in [1.29, 1.82) is 0 Å². The van der Waals surface area contributed by atoms with Gasteiger partial charge in [-0.3, -0.25) is 14.4 Å². The van der Waals surface area contributed by atoms with Gasteiger partial charge in [0.1, 0.15) is 17.8 Å². The van der Waals surface area contributed by atoms with Gasteiger partial charge >= 0.3 is 6.03 Å². The molecule has 1 unspecified atom stereocenters. The average molecular weight is 564 g/mol. The summed E-state index contributed by atoms with van der Waals surface area (Å²) in [7, 11) is 1.66. The van der Waals surface area contributed by atoms with Crippen molar-refractivity contribution in [2.24, 2.45) is 0 Å². The molecule has 4 amide bonds. The number of nitrogens with one attached hydrogen (secondary N) is 3. The molecule has 40 heavy (non-hydrogen) atoms. The molecule has 210 valence electrons. The van der Waals surface area contributed by atoms with Gasteiger partial charge in [0.25, 0.3) is 5.91 Å². The fourth-order valence-corrected chi connectivity index (χ4v) is 5.27. The van der Waals surface area contributed by atoms with Crippen molar-refractivity contribution in [3.05, 3.63) is 76.8 Å². The van der Waals surface area contributed by atoms with Crippen molar-refractivity contribution in [3.8, 4) is 0 Å². The maximum Gasteiger partial charge on any atom is 0.325 e. The number of thiazole rings is 1. The van der Waals surface area contributed by atoms with E-state index in [4.69, 9.17) is 4.74 Å². The minimum Gasteiger partial charge on any atom is -0.385 e. The SMILES string of the molecule is CCC(=O)c1csc(NC(=O)[C@H]([C@@H](C)c2ccccc2)N2C(=O)NC(c3ccc(NCCCOC)cc3)C2=O)n1. The lowest BCUT2D eigenvalue weighted by molar-refractivity contribution is -0.134. The van der Waals surface area contributed by atoms with E-state index < -0.39 is 35.8 Å². The fourth-order valence-electron chi connectivity index (χ4n) is 4.55. The van der Waals surface area contributed by atoms with Gasteiger partial charge in [-0.1, -0.05) is 56.3 Å². The zero-order valence-corrected chi connectivity index (χ0v) is 23.5. The summed E-state index contributed by atoms with van der Waals surface area (Å²) in [5.41, 5.74) is 2.55. The first-order chi connectivity index (χ1) is 19.3. The molecule has 1 saturated heterocycles. The molecule has 0 saturated carbocycles. The minimum absolute atomic E-state index is 0.140. The van der Waals surface area contributed by atoms with Gasteiger partial charge < -0.3 is 20.7 Å². The third-order valence-corrected chi connectivity index (χ3v) is 7.51. The summed E-state index contributed by atoms with van der Waals surface area (Å²) in [6.07, 6.45) is 1.14. The molecule has 3 N–H and O–H groups in total. The molecular weight excluding hydrogens is 530 g/mol. The van der Waals surface area contributed by atoms with Crippen LogP contribution in [0.15, 0.2) is 60.0 Å². The number of nitrogens with zero attached hydrogens (tertiary/aromatic N) is 2.